The summed E-state index contributed by atoms with van der Waals surface area (Å²) < 4.78 is 80.9. The molecule has 45 heavy (non-hydrogen) atoms. The van der Waals surface area contributed by atoms with Crippen LogP contribution in [-0.4, -0.2) is 45.2 Å². The lowest BCUT2D eigenvalue weighted by Crippen LogP contribution is -2.25. The minimum absolute atomic E-state index is 0.0879. The second-order valence-corrected chi connectivity index (χ2v) is 13.3. The Morgan fingerprint density at radius 3 is 2.38 bits per heavy atom. The lowest BCUT2D eigenvalue weighted by Gasteiger charge is -2.17. The molecule has 0 atom stereocenters. The number of hydrogen-bond acceptors (Lipinski definition) is 7. The highest BCUT2D eigenvalue weighted by molar-refractivity contribution is 7.90. The van der Waals surface area contributed by atoms with Gasteiger partial charge in [-0.2, -0.15) is 0 Å². The van der Waals surface area contributed by atoms with Crippen molar-refractivity contribution in [2.45, 2.75) is 50.4 Å². The highest BCUT2D eigenvalue weighted by Crippen LogP contribution is 2.45. The normalized spacial score (nSPS) is 15.5. The highest BCUT2D eigenvalue weighted by atomic mass is 32.2. The minimum Gasteiger partial charge on any atom is -0.395 e. The van der Waals surface area contributed by atoms with Crippen LogP contribution in [0.1, 0.15) is 41.5 Å². The van der Waals surface area contributed by atoms with Crippen molar-refractivity contribution in [3.63, 3.8) is 0 Å². The number of rotatable bonds is 7. The smallest absolute Gasteiger partial charge is 0.395 e. The maximum atomic E-state index is 15.2. The zero-order valence-electron chi connectivity index (χ0n) is 24.4. The second-order valence-electron chi connectivity index (χ2n) is 11.3. The molecule has 5 aromatic rings. The van der Waals surface area contributed by atoms with Gasteiger partial charge in [-0.05, 0) is 74.2 Å². The summed E-state index contributed by atoms with van der Waals surface area (Å²) >= 11 is 0. The van der Waals surface area contributed by atoms with Gasteiger partial charge in [0.05, 0.1) is 34.3 Å². The van der Waals surface area contributed by atoms with E-state index in [9.17, 15) is 22.3 Å². The minimum atomic E-state index is -3.87. The molecule has 1 aliphatic carbocycles. The van der Waals surface area contributed by atoms with E-state index < -0.39 is 28.6 Å². The molecule has 1 N–H and O–H groups in total. The average Bonchev–Trinajstić information content (AvgIpc) is 3.52. The van der Waals surface area contributed by atoms with Crippen molar-refractivity contribution in [1.82, 2.24) is 19.1 Å². The summed E-state index contributed by atoms with van der Waals surface area (Å²) in [6, 6.07) is 12.3. The molecule has 7 rings (SSSR count). The lowest BCUT2D eigenvalue weighted by molar-refractivity contribution is -0.286. The summed E-state index contributed by atoms with van der Waals surface area (Å²) in [7, 11) is -3.87. The molecular formula is C32H27F3N4O5S. The summed E-state index contributed by atoms with van der Waals surface area (Å²) in [5.74, 6) is 0.357. The number of aromatic nitrogens is 4. The van der Waals surface area contributed by atoms with Crippen molar-refractivity contribution < 1.29 is 36.2 Å². The van der Waals surface area contributed by atoms with Crippen LogP contribution in [0.2, 0.25) is 0 Å². The van der Waals surface area contributed by atoms with Crippen molar-refractivity contribution in [2.75, 3.05) is 6.26 Å². The van der Waals surface area contributed by atoms with Gasteiger partial charge in [0, 0.05) is 41.8 Å². The number of aliphatic hydroxyl groups excluding tert-OH is 1. The van der Waals surface area contributed by atoms with Gasteiger partial charge in [0.1, 0.15) is 17.5 Å². The van der Waals surface area contributed by atoms with Gasteiger partial charge >= 0.3 is 6.29 Å². The van der Waals surface area contributed by atoms with Crippen LogP contribution in [0.25, 0.3) is 33.9 Å². The topological polar surface area (TPSA) is 108 Å². The van der Waals surface area contributed by atoms with E-state index in [2.05, 4.69) is 9.72 Å². The first kappa shape index (κ1) is 29.1. The summed E-state index contributed by atoms with van der Waals surface area (Å²) in [5, 5.41) is 9.70. The molecule has 1 aliphatic heterocycles. The summed E-state index contributed by atoms with van der Waals surface area (Å²) in [4.78, 5) is 9.25. The van der Waals surface area contributed by atoms with Crippen molar-refractivity contribution >= 4 is 9.84 Å². The molecule has 2 aromatic heterocycles. The Bertz CT molecular complexity index is 2120. The van der Waals surface area contributed by atoms with Gasteiger partial charge in [0.25, 0.3) is 0 Å². The first-order valence-electron chi connectivity index (χ1n) is 14.1. The van der Waals surface area contributed by atoms with Gasteiger partial charge in [-0.3, -0.25) is 4.57 Å². The lowest BCUT2D eigenvalue weighted by atomic mass is 9.99. The number of nitrogens with zero attached hydrogens (tertiary/aromatic N) is 4. The van der Waals surface area contributed by atoms with Crippen LogP contribution < -0.4 is 9.47 Å². The largest absolute Gasteiger partial charge is 0.586 e. The fourth-order valence-corrected chi connectivity index (χ4v) is 6.63. The predicted octanol–water partition coefficient (Wildman–Crippen LogP) is 6.24. The van der Waals surface area contributed by atoms with Crippen molar-refractivity contribution in [2.24, 2.45) is 0 Å². The number of sulfone groups is 1. The molecule has 0 unspecified atom stereocenters. The van der Waals surface area contributed by atoms with Gasteiger partial charge < -0.3 is 19.1 Å². The fraction of sp³-hybridized carbons (Fsp3) is 0.250. The van der Waals surface area contributed by atoms with Gasteiger partial charge in [-0.25, -0.2) is 22.8 Å². The monoisotopic (exact) mass is 636 g/mol. The van der Waals surface area contributed by atoms with Crippen LogP contribution >= 0.6 is 0 Å². The molecule has 3 aromatic carbocycles. The van der Waals surface area contributed by atoms with Gasteiger partial charge in [-0.1, -0.05) is 6.07 Å². The Morgan fingerprint density at radius 2 is 1.71 bits per heavy atom. The Hall–Kier alpha value is -4.62. The molecule has 0 saturated heterocycles. The third-order valence-corrected chi connectivity index (χ3v) is 9.09. The SMILES string of the molecule is Cc1cn(-c2ccc(-c3cc(F)c(CO)c(S(C)(=O)=O)c3)cc2-c2nc(C3CC3)cn2-c2ccc3c(c2)OC(F)(F)O3)c(C)n1. The van der Waals surface area contributed by atoms with Gasteiger partial charge in [-0.15, -0.1) is 8.78 Å². The van der Waals surface area contributed by atoms with Crippen LogP contribution in [0.15, 0.2) is 65.8 Å². The first-order valence-corrected chi connectivity index (χ1v) is 16.0. The maximum Gasteiger partial charge on any atom is 0.586 e. The van der Waals surface area contributed by atoms with E-state index in [0.29, 0.717) is 34.2 Å². The number of alkyl halides is 2. The molecule has 0 spiro atoms. The number of aryl methyl sites for hydroxylation is 2. The maximum absolute atomic E-state index is 15.2. The van der Waals surface area contributed by atoms with E-state index in [0.717, 1.165) is 30.5 Å². The standard InChI is InChI=1S/C32H27F3N4O5S/c1-17-14-38(18(2)36-17)27-8-6-20(21-11-25(33)24(16-40)30(12-21)45(3,41)42)10-23(27)31-37-26(19-4-5-19)15-39(31)22-7-9-28-29(13-22)44-32(34,35)43-28/h6-15,19,40H,4-5,16H2,1-3H3. The Balaban J connectivity index is 1.46. The summed E-state index contributed by atoms with van der Waals surface area (Å²) in [6.45, 7) is 2.94. The molecule has 13 heteroatoms. The average molecular weight is 637 g/mol. The Kier molecular flexibility index (Phi) is 6.60. The third kappa shape index (κ3) is 5.25. The predicted molar refractivity (Wildman–Crippen MR) is 158 cm³/mol. The molecule has 0 amide bonds. The summed E-state index contributed by atoms with van der Waals surface area (Å²) in [5.41, 5.74) is 3.84. The van der Waals surface area contributed by atoms with Crippen LogP contribution in [0, 0.1) is 19.7 Å². The van der Waals surface area contributed by atoms with Gasteiger partial charge in [0.15, 0.2) is 21.3 Å². The molecule has 0 radical (unpaired) electrons. The second kappa shape index (κ2) is 10.2. The number of fused-ring (bicyclic) bond motifs is 1. The van der Waals surface area contributed by atoms with Crippen molar-refractivity contribution in [3.8, 4) is 45.4 Å². The molecule has 1 saturated carbocycles. The zero-order valence-corrected chi connectivity index (χ0v) is 25.2. The third-order valence-electron chi connectivity index (χ3n) is 7.93. The number of imidazole rings is 2. The molecule has 1 fully saturated rings. The first-order chi connectivity index (χ1) is 21.3. The zero-order chi connectivity index (χ0) is 31.8. The van der Waals surface area contributed by atoms with E-state index in [1.807, 2.05) is 36.9 Å². The van der Waals surface area contributed by atoms with E-state index in [1.54, 1.807) is 22.8 Å². The number of halogens is 3. The molecule has 9 nitrogen and oxygen atoms in total. The molecule has 2 aliphatic rings. The van der Waals surface area contributed by atoms with Crippen LogP contribution in [-0.2, 0) is 16.4 Å². The van der Waals surface area contributed by atoms with Gasteiger partial charge in [0.2, 0.25) is 0 Å². The van der Waals surface area contributed by atoms with E-state index in [-0.39, 0.29) is 33.4 Å². The number of aliphatic hydroxyl groups is 1. The highest BCUT2D eigenvalue weighted by Gasteiger charge is 2.43. The van der Waals surface area contributed by atoms with Crippen molar-refractivity contribution in [3.05, 3.63) is 89.5 Å². The summed E-state index contributed by atoms with van der Waals surface area (Å²) in [6.07, 6.45) is 2.83. The van der Waals surface area contributed by atoms with E-state index in [4.69, 9.17) is 9.72 Å². The quantitative estimate of drug-likeness (QED) is 0.225. The number of benzene rings is 3. The number of ether oxygens (including phenoxy) is 2. The molecule has 232 valence electrons. The fourth-order valence-electron chi connectivity index (χ4n) is 5.68. The van der Waals surface area contributed by atoms with Crippen LogP contribution in [0.5, 0.6) is 11.5 Å². The number of hydrogen-bond donors (Lipinski definition) is 1. The van der Waals surface area contributed by atoms with Crippen LogP contribution in [0.4, 0.5) is 13.2 Å². The van der Waals surface area contributed by atoms with E-state index >= 15 is 4.39 Å². The Morgan fingerprint density at radius 1 is 0.956 bits per heavy atom. The molecule has 3 heterocycles. The van der Waals surface area contributed by atoms with Crippen molar-refractivity contribution in [1.29, 1.82) is 0 Å². The Labute approximate surface area is 256 Å². The van der Waals surface area contributed by atoms with Crippen LogP contribution in [0.3, 0.4) is 0 Å². The van der Waals surface area contributed by atoms with E-state index in [1.165, 1.54) is 24.3 Å². The molecular weight excluding hydrogens is 609 g/mol. The molecule has 0 bridgehead atoms.